The first-order valence-electron chi connectivity index (χ1n) is 5.94. The largest absolute Gasteiger partial charge is 0.298 e. The molecule has 0 atom stereocenters. The van der Waals surface area contributed by atoms with Gasteiger partial charge in [-0.1, -0.05) is 18.2 Å². The van der Waals surface area contributed by atoms with Crippen LogP contribution in [0.1, 0.15) is 15.9 Å². The molecule has 2 N–H and O–H groups in total. The highest BCUT2D eigenvalue weighted by Gasteiger charge is 2.10. The monoisotopic (exact) mass is 271 g/mol. The van der Waals surface area contributed by atoms with Gasteiger partial charge in [0.1, 0.15) is 0 Å². The predicted octanol–water partition coefficient (Wildman–Crippen LogP) is 2.66. The molecule has 0 aliphatic carbocycles. The predicted molar refractivity (Wildman–Crippen MR) is 75.4 cm³/mol. The minimum atomic E-state index is -0.537. The maximum absolute atomic E-state index is 11.9. The molecule has 20 heavy (non-hydrogen) atoms. The van der Waals surface area contributed by atoms with E-state index < -0.39 is 10.8 Å². The van der Waals surface area contributed by atoms with Gasteiger partial charge in [-0.3, -0.25) is 25.8 Å². The number of rotatable bonds is 4. The van der Waals surface area contributed by atoms with Crippen molar-refractivity contribution in [3.05, 3.63) is 69.8 Å². The molecule has 0 fully saturated rings. The number of carbonyl (C=O) groups is 1. The molecule has 2 aromatic rings. The van der Waals surface area contributed by atoms with E-state index in [4.69, 9.17) is 0 Å². The van der Waals surface area contributed by atoms with Crippen LogP contribution in [-0.4, -0.2) is 10.8 Å². The lowest BCUT2D eigenvalue weighted by molar-refractivity contribution is -0.384. The number of hydrogen-bond acceptors (Lipinski definition) is 4. The van der Waals surface area contributed by atoms with Gasteiger partial charge in [-0.05, 0) is 30.7 Å². The lowest BCUT2D eigenvalue weighted by Crippen LogP contribution is -2.29. The molecule has 2 rings (SSSR count). The minimum Gasteiger partial charge on any atom is -0.298 e. The zero-order chi connectivity index (χ0) is 14.5. The normalized spacial score (nSPS) is 9.85. The fraction of sp³-hybridized carbons (Fsp3) is 0.0714. The molecule has 0 saturated heterocycles. The molecule has 0 spiro atoms. The quantitative estimate of drug-likeness (QED) is 0.661. The summed E-state index contributed by atoms with van der Waals surface area (Å²) in [5, 5.41) is 10.7. The van der Waals surface area contributed by atoms with Gasteiger partial charge in [0.05, 0.1) is 10.6 Å². The van der Waals surface area contributed by atoms with Gasteiger partial charge in [-0.15, -0.1) is 0 Å². The van der Waals surface area contributed by atoms with E-state index in [1.54, 1.807) is 6.07 Å². The number of benzene rings is 2. The third-order valence-electron chi connectivity index (χ3n) is 2.66. The molecule has 0 unspecified atom stereocenters. The molecule has 2 aromatic carbocycles. The van der Waals surface area contributed by atoms with Crippen LogP contribution in [0.3, 0.4) is 0 Å². The number of nitro benzene ring substituents is 1. The van der Waals surface area contributed by atoms with E-state index >= 15 is 0 Å². The Hall–Kier alpha value is -2.89. The van der Waals surface area contributed by atoms with E-state index in [-0.39, 0.29) is 11.3 Å². The number of hydrazine groups is 1. The number of non-ortho nitro benzene ring substituents is 1. The minimum absolute atomic E-state index is 0.117. The Balaban J connectivity index is 2.05. The van der Waals surface area contributed by atoms with Gasteiger partial charge >= 0.3 is 0 Å². The first kappa shape index (κ1) is 13.5. The number of nitrogens with zero attached hydrogens (tertiary/aromatic N) is 1. The number of anilines is 1. The van der Waals surface area contributed by atoms with E-state index in [2.05, 4.69) is 10.9 Å². The van der Waals surface area contributed by atoms with E-state index in [1.165, 1.54) is 24.3 Å². The molecule has 0 aliphatic heterocycles. The van der Waals surface area contributed by atoms with Gasteiger partial charge in [0, 0.05) is 17.7 Å². The Morgan fingerprint density at radius 2 is 1.90 bits per heavy atom. The van der Waals surface area contributed by atoms with Crippen LogP contribution in [-0.2, 0) is 0 Å². The van der Waals surface area contributed by atoms with Crippen LogP contribution in [0.4, 0.5) is 11.4 Å². The van der Waals surface area contributed by atoms with Crippen LogP contribution >= 0.6 is 0 Å². The van der Waals surface area contributed by atoms with Gasteiger partial charge < -0.3 is 0 Å². The molecule has 0 radical (unpaired) electrons. The number of nitrogens with one attached hydrogen (secondary N) is 2. The van der Waals surface area contributed by atoms with Crippen LogP contribution in [0.15, 0.2) is 48.5 Å². The lowest BCUT2D eigenvalue weighted by atomic mass is 10.2. The topological polar surface area (TPSA) is 84.3 Å². The van der Waals surface area contributed by atoms with E-state index in [9.17, 15) is 14.9 Å². The van der Waals surface area contributed by atoms with Crippen molar-refractivity contribution >= 4 is 17.3 Å². The highest BCUT2D eigenvalue weighted by atomic mass is 16.6. The molecule has 0 aromatic heterocycles. The summed E-state index contributed by atoms with van der Waals surface area (Å²) in [6.07, 6.45) is 0. The van der Waals surface area contributed by atoms with E-state index in [0.29, 0.717) is 0 Å². The second-order valence-electron chi connectivity index (χ2n) is 4.26. The fourth-order valence-corrected chi connectivity index (χ4v) is 1.68. The second-order valence-corrected chi connectivity index (χ2v) is 4.26. The maximum Gasteiger partial charge on any atom is 0.270 e. The molecule has 0 heterocycles. The number of aryl methyl sites for hydroxylation is 1. The Labute approximate surface area is 115 Å². The smallest absolute Gasteiger partial charge is 0.270 e. The van der Waals surface area contributed by atoms with Gasteiger partial charge in [0.2, 0.25) is 0 Å². The average Bonchev–Trinajstić information content (AvgIpc) is 2.45. The summed E-state index contributed by atoms with van der Waals surface area (Å²) in [5.74, 6) is -0.435. The van der Waals surface area contributed by atoms with Crippen LogP contribution in [0.25, 0.3) is 0 Å². The summed E-state index contributed by atoms with van der Waals surface area (Å²) in [6.45, 7) is 1.94. The standard InChI is InChI=1S/C14H13N3O3/c1-10-4-2-6-12(8-10)15-16-14(18)11-5-3-7-13(9-11)17(19)20/h2-9,15H,1H3,(H,16,18). The van der Waals surface area contributed by atoms with Crippen molar-refractivity contribution in [1.29, 1.82) is 0 Å². The molecule has 0 aliphatic rings. The van der Waals surface area contributed by atoms with E-state index in [0.717, 1.165) is 11.3 Å². The number of hydrogen-bond donors (Lipinski definition) is 2. The van der Waals surface area contributed by atoms with Gasteiger partial charge in [0.25, 0.3) is 11.6 Å². The Morgan fingerprint density at radius 1 is 1.15 bits per heavy atom. The molecular weight excluding hydrogens is 258 g/mol. The highest BCUT2D eigenvalue weighted by molar-refractivity contribution is 5.95. The maximum atomic E-state index is 11.9. The summed E-state index contributed by atoms with van der Waals surface area (Å²) < 4.78 is 0. The summed E-state index contributed by atoms with van der Waals surface area (Å²) in [6, 6.07) is 13.0. The zero-order valence-electron chi connectivity index (χ0n) is 10.8. The lowest BCUT2D eigenvalue weighted by Gasteiger charge is -2.08. The fourth-order valence-electron chi connectivity index (χ4n) is 1.68. The van der Waals surface area contributed by atoms with Crippen molar-refractivity contribution in [3.63, 3.8) is 0 Å². The van der Waals surface area contributed by atoms with Gasteiger partial charge in [-0.25, -0.2) is 0 Å². The van der Waals surface area contributed by atoms with Crippen LogP contribution in [0.5, 0.6) is 0 Å². The Kier molecular flexibility index (Phi) is 3.95. The van der Waals surface area contributed by atoms with Crippen molar-refractivity contribution in [1.82, 2.24) is 5.43 Å². The molecule has 6 nitrogen and oxygen atoms in total. The van der Waals surface area contributed by atoms with Gasteiger partial charge in [0.15, 0.2) is 0 Å². The summed E-state index contributed by atoms with van der Waals surface area (Å²) in [4.78, 5) is 22.0. The number of nitro groups is 1. The number of amides is 1. The van der Waals surface area contributed by atoms with Crippen molar-refractivity contribution in [2.45, 2.75) is 6.92 Å². The third kappa shape index (κ3) is 3.32. The number of carbonyl (C=O) groups excluding carboxylic acids is 1. The van der Waals surface area contributed by atoms with Crippen molar-refractivity contribution in [2.24, 2.45) is 0 Å². The Morgan fingerprint density at radius 3 is 2.60 bits per heavy atom. The van der Waals surface area contributed by atoms with Crippen molar-refractivity contribution in [3.8, 4) is 0 Å². The molecule has 1 amide bonds. The van der Waals surface area contributed by atoms with Crippen LogP contribution in [0, 0.1) is 17.0 Å². The average molecular weight is 271 g/mol. The van der Waals surface area contributed by atoms with E-state index in [1.807, 2.05) is 25.1 Å². The summed E-state index contributed by atoms with van der Waals surface area (Å²) in [5.41, 5.74) is 7.16. The van der Waals surface area contributed by atoms with Crippen LogP contribution < -0.4 is 10.9 Å². The second kappa shape index (κ2) is 5.83. The van der Waals surface area contributed by atoms with Gasteiger partial charge in [-0.2, -0.15) is 0 Å². The molecule has 0 saturated carbocycles. The third-order valence-corrected chi connectivity index (χ3v) is 2.66. The first-order valence-corrected chi connectivity index (χ1v) is 5.94. The van der Waals surface area contributed by atoms with Crippen molar-refractivity contribution in [2.75, 3.05) is 5.43 Å². The SMILES string of the molecule is Cc1cccc(NNC(=O)c2cccc([N+](=O)[O-])c2)c1. The molecule has 6 heteroatoms. The molecular formula is C14H13N3O3. The highest BCUT2D eigenvalue weighted by Crippen LogP contribution is 2.13. The zero-order valence-corrected chi connectivity index (χ0v) is 10.8. The molecule has 102 valence electrons. The first-order chi connectivity index (χ1) is 9.56. The Bertz CT molecular complexity index is 656. The summed E-state index contributed by atoms with van der Waals surface area (Å²) >= 11 is 0. The molecule has 0 bridgehead atoms. The summed E-state index contributed by atoms with van der Waals surface area (Å²) in [7, 11) is 0. The van der Waals surface area contributed by atoms with Crippen LogP contribution in [0.2, 0.25) is 0 Å². The van der Waals surface area contributed by atoms with Crippen molar-refractivity contribution < 1.29 is 9.72 Å².